The van der Waals surface area contributed by atoms with Gasteiger partial charge in [-0.1, -0.05) is 5.21 Å². The van der Waals surface area contributed by atoms with E-state index in [1.807, 2.05) is 6.92 Å². The second-order valence-corrected chi connectivity index (χ2v) is 7.68. The highest BCUT2D eigenvalue weighted by Crippen LogP contribution is 2.29. The summed E-state index contributed by atoms with van der Waals surface area (Å²) in [5.74, 6) is -0.591. The van der Waals surface area contributed by atoms with Crippen LogP contribution in [0, 0.1) is 41.5 Å². The summed E-state index contributed by atoms with van der Waals surface area (Å²) in [5.41, 5.74) is 8.75. The van der Waals surface area contributed by atoms with E-state index >= 15 is 0 Å². The topological polar surface area (TPSA) is 74.1 Å². The SMILES string of the molecule is COC(=O)C[C@H](CC(=O)Cc1c(C)c(C)c(C)c(C)c1C)c1nnn(C)c1C. The predicted octanol–water partition coefficient (Wildman–Crippen LogP) is 3.51. The Morgan fingerprint density at radius 2 is 1.46 bits per heavy atom. The molecule has 0 aliphatic heterocycles. The Balaban J connectivity index is 2.30. The van der Waals surface area contributed by atoms with Gasteiger partial charge in [-0.3, -0.25) is 14.3 Å². The molecule has 0 aliphatic carbocycles. The molecule has 0 unspecified atom stereocenters. The molecule has 28 heavy (non-hydrogen) atoms. The number of ketones is 1. The molecule has 0 fully saturated rings. The molecule has 0 saturated heterocycles. The van der Waals surface area contributed by atoms with Crippen molar-refractivity contribution in [1.29, 1.82) is 0 Å². The van der Waals surface area contributed by atoms with Crippen LogP contribution in [0.4, 0.5) is 0 Å². The number of methoxy groups -OCH3 is 1. The van der Waals surface area contributed by atoms with Gasteiger partial charge in [0.1, 0.15) is 5.78 Å². The summed E-state index contributed by atoms with van der Waals surface area (Å²) in [5, 5.41) is 8.22. The van der Waals surface area contributed by atoms with Gasteiger partial charge in [0.2, 0.25) is 0 Å². The average molecular weight is 386 g/mol. The molecular weight excluding hydrogens is 354 g/mol. The minimum Gasteiger partial charge on any atom is -0.469 e. The second-order valence-electron chi connectivity index (χ2n) is 7.68. The van der Waals surface area contributed by atoms with E-state index in [4.69, 9.17) is 4.74 Å². The third kappa shape index (κ3) is 4.32. The van der Waals surface area contributed by atoms with Crippen molar-refractivity contribution in [2.75, 3.05) is 7.11 Å². The maximum atomic E-state index is 13.0. The van der Waals surface area contributed by atoms with Crippen LogP contribution in [0.1, 0.15) is 63.5 Å². The van der Waals surface area contributed by atoms with Crippen molar-refractivity contribution in [2.45, 2.75) is 66.7 Å². The minimum atomic E-state index is -0.350. The van der Waals surface area contributed by atoms with E-state index in [0.29, 0.717) is 12.1 Å². The van der Waals surface area contributed by atoms with E-state index in [-0.39, 0.29) is 30.5 Å². The number of aryl methyl sites for hydroxylation is 1. The zero-order valence-corrected chi connectivity index (χ0v) is 18.3. The lowest BCUT2D eigenvalue weighted by atomic mass is 9.85. The van der Waals surface area contributed by atoms with Crippen LogP contribution in [0.15, 0.2) is 0 Å². The summed E-state index contributed by atoms with van der Waals surface area (Å²) in [7, 11) is 3.16. The molecule has 6 nitrogen and oxygen atoms in total. The van der Waals surface area contributed by atoms with Crippen LogP contribution in [0.5, 0.6) is 0 Å². The molecule has 1 heterocycles. The monoisotopic (exact) mass is 385 g/mol. The van der Waals surface area contributed by atoms with Crippen molar-refractivity contribution in [3.8, 4) is 0 Å². The number of aromatic nitrogens is 3. The van der Waals surface area contributed by atoms with Gasteiger partial charge in [-0.25, -0.2) is 0 Å². The van der Waals surface area contributed by atoms with Gasteiger partial charge in [0.05, 0.1) is 24.9 Å². The third-order valence-corrected chi connectivity index (χ3v) is 6.17. The fourth-order valence-corrected chi connectivity index (χ4v) is 3.73. The molecule has 2 rings (SSSR count). The molecule has 0 radical (unpaired) electrons. The number of rotatable bonds is 7. The Morgan fingerprint density at radius 3 is 1.93 bits per heavy atom. The zero-order chi connectivity index (χ0) is 21.2. The van der Waals surface area contributed by atoms with E-state index in [1.165, 1.54) is 34.9 Å². The molecule has 6 heteroatoms. The molecule has 2 aromatic rings. The lowest BCUT2D eigenvalue weighted by molar-refractivity contribution is -0.141. The molecule has 0 aliphatic rings. The molecule has 0 spiro atoms. The summed E-state index contributed by atoms with van der Waals surface area (Å²) in [6.45, 7) is 12.4. The maximum Gasteiger partial charge on any atom is 0.306 e. The highest BCUT2D eigenvalue weighted by molar-refractivity contribution is 5.83. The van der Waals surface area contributed by atoms with Crippen LogP contribution in [0.2, 0.25) is 0 Å². The zero-order valence-electron chi connectivity index (χ0n) is 18.3. The molecule has 1 aromatic heterocycles. The van der Waals surface area contributed by atoms with Crippen molar-refractivity contribution in [3.05, 3.63) is 44.8 Å². The average Bonchev–Trinajstić information content (AvgIpc) is 3.00. The van der Waals surface area contributed by atoms with Gasteiger partial charge in [0, 0.05) is 25.8 Å². The summed E-state index contributed by atoms with van der Waals surface area (Å²) < 4.78 is 6.48. The molecule has 0 N–H and O–H groups in total. The Kier molecular flexibility index (Phi) is 6.75. The van der Waals surface area contributed by atoms with Crippen LogP contribution in [0.3, 0.4) is 0 Å². The molecule has 0 amide bonds. The van der Waals surface area contributed by atoms with Crippen LogP contribution in [0.25, 0.3) is 0 Å². The molecule has 1 atom stereocenters. The number of ether oxygens (including phenoxy) is 1. The van der Waals surface area contributed by atoms with Crippen molar-refractivity contribution in [1.82, 2.24) is 15.0 Å². The highest BCUT2D eigenvalue weighted by Gasteiger charge is 2.26. The second kappa shape index (κ2) is 8.67. The fraction of sp³-hybridized carbons (Fsp3) is 0.545. The number of carbonyl (C=O) groups excluding carboxylic acids is 2. The minimum absolute atomic E-state index is 0.0906. The van der Waals surface area contributed by atoms with Crippen molar-refractivity contribution in [3.63, 3.8) is 0 Å². The van der Waals surface area contributed by atoms with Crippen LogP contribution >= 0.6 is 0 Å². The van der Waals surface area contributed by atoms with Gasteiger partial charge in [-0.05, 0) is 74.9 Å². The summed E-state index contributed by atoms with van der Waals surface area (Å²) in [6, 6.07) is 0. The standard InChI is InChI=1S/C22H31N3O3/c1-12-13(2)15(4)20(16(5)14(12)3)11-19(26)9-18(10-21(27)28-8)22-17(6)25(7)24-23-22/h18H,9-11H2,1-8H3/t18-/m0/s1. The van der Waals surface area contributed by atoms with Gasteiger partial charge in [-0.2, -0.15) is 0 Å². The van der Waals surface area contributed by atoms with E-state index < -0.39 is 0 Å². The molecule has 1 aromatic carbocycles. The summed E-state index contributed by atoms with van der Waals surface area (Å²) in [6.07, 6.45) is 0.710. The van der Waals surface area contributed by atoms with Gasteiger partial charge in [-0.15, -0.1) is 5.10 Å². The van der Waals surface area contributed by atoms with Crippen molar-refractivity contribution >= 4 is 11.8 Å². The Labute approximate surface area is 167 Å². The first kappa shape index (κ1) is 21.8. The highest BCUT2D eigenvalue weighted by atomic mass is 16.5. The van der Waals surface area contributed by atoms with Crippen molar-refractivity contribution < 1.29 is 14.3 Å². The summed E-state index contributed by atoms with van der Waals surface area (Å²) >= 11 is 0. The molecule has 0 saturated carbocycles. The van der Waals surface area contributed by atoms with E-state index in [9.17, 15) is 9.59 Å². The smallest absolute Gasteiger partial charge is 0.306 e. The molecule has 152 valence electrons. The third-order valence-electron chi connectivity index (χ3n) is 6.17. The number of nitrogens with zero attached hydrogens (tertiary/aromatic N) is 3. The van der Waals surface area contributed by atoms with Gasteiger partial charge in [0.15, 0.2) is 0 Å². The van der Waals surface area contributed by atoms with Crippen LogP contribution in [-0.4, -0.2) is 33.9 Å². The maximum absolute atomic E-state index is 13.0. The summed E-state index contributed by atoms with van der Waals surface area (Å²) in [4.78, 5) is 24.9. The molecule has 0 bridgehead atoms. The lowest BCUT2D eigenvalue weighted by Crippen LogP contribution is -2.17. The largest absolute Gasteiger partial charge is 0.469 e. The first-order valence-electron chi connectivity index (χ1n) is 9.58. The van der Waals surface area contributed by atoms with Crippen LogP contribution in [-0.2, 0) is 27.8 Å². The fourth-order valence-electron chi connectivity index (χ4n) is 3.73. The molecular formula is C22H31N3O3. The number of hydrogen-bond donors (Lipinski definition) is 0. The normalized spacial score (nSPS) is 12.1. The van der Waals surface area contributed by atoms with Gasteiger partial charge >= 0.3 is 5.97 Å². The number of hydrogen-bond acceptors (Lipinski definition) is 5. The van der Waals surface area contributed by atoms with Crippen molar-refractivity contribution in [2.24, 2.45) is 7.05 Å². The van der Waals surface area contributed by atoms with Gasteiger partial charge < -0.3 is 4.74 Å². The Morgan fingerprint density at radius 1 is 0.929 bits per heavy atom. The van der Waals surface area contributed by atoms with E-state index in [0.717, 1.165) is 11.3 Å². The van der Waals surface area contributed by atoms with E-state index in [1.54, 1.807) is 11.7 Å². The quantitative estimate of drug-likeness (QED) is 0.682. The Bertz CT molecular complexity index is 883. The number of benzene rings is 1. The first-order valence-corrected chi connectivity index (χ1v) is 9.58. The van der Waals surface area contributed by atoms with E-state index in [2.05, 4.69) is 44.9 Å². The lowest BCUT2D eigenvalue weighted by Gasteiger charge is -2.19. The predicted molar refractivity (Wildman–Crippen MR) is 109 cm³/mol. The number of carbonyl (C=O) groups is 2. The number of esters is 1. The van der Waals surface area contributed by atoms with Gasteiger partial charge in [0.25, 0.3) is 0 Å². The van der Waals surface area contributed by atoms with Crippen LogP contribution < -0.4 is 0 Å². The Hall–Kier alpha value is -2.50. The first-order chi connectivity index (χ1) is 13.1. The number of Topliss-reactive ketones (excluding diaryl/α,β-unsaturated/α-hetero) is 1.